The van der Waals surface area contributed by atoms with E-state index in [2.05, 4.69) is 4.90 Å². The average Bonchev–Trinajstić information content (AvgIpc) is 2.78. The van der Waals surface area contributed by atoms with E-state index < -0.39 is 9.84 Å². The van der Waals surface area contributed by atoms with E-state index >= 15 is 0 Å². The number of aryl methyl sites for hydroxylation is 1. The highest BCUT2D eigenvalue weighted by atomic mass is 32.2. The highest BCUT2D eigenvalue weighted by molar-refractivity contribution is 7.91. The van der Waals surface area contributed by atoms with Crippen molar-refractivity contribution in [1.29, 1.82) is 0 Å². The summed E-state index contributed by atoms with van der Waals surface area (Å²) < 4.78 is 24.4. The molecule has 0 spiro atoms. The molecule has 1 aliphatic rings. The first-order chi connectivity index (χ1) is 8.49. The number of anilines is 1. The number of sulfone groups is 1. The Morgan fingerprint density at radius 2 is 1.94 bits per heavy atom. The van der Waals surface area contributed by atoms with Crippen LogP contribution in [-0.4, -0.2) is 38.7 Å². The van der Waals surface area contributed by atoms with Gasteiger partial charge in [-0.15, -0.1) is 0 Å². The fourth-order valence-electron chi connectivity index (χ4n) is 2.32. The molecule has 0 bridgehead atoms. The van der Waals surface area contributed by atoms with Crippen LogP contribution in [0.1, 0.15) is 18.4 Å². The van der Waals surface area contributed by atoms with E-state index in [1.807, 2.05) is 6.92 Å². The Morgan fingerprint density at radius 1 is 1.28 bits per heavy atom. The third-order valence-electron chi connectivity index (χ3n) is 3.38. The van der Waals surface area contributed by atoms with Crippen molar-refractivity contribution in [3.05, 3.63) is 23.8 Å². The van der Waals surface area contributed by atoms with E-state index in [0.29, 0.717) is 12.2 Å². The number of hydrogen-bond donors (Lipinski definition) is 1. The van der Waals surface area contributed by atoms with Crippen molar-refractivity contribution in [2.75, 3.05) is 31.1 Å². The molecule has 1 aromatic carbocycles. The third-order valence-corrected chi connectivity index (χ3v) is 5.14. The van der Waals surface area contributed by atoms with Crippen molar-refractivity contribution in [3.63, 3.8) is 0 Å². The smallest absolute Gasteiger partial charge is 0.181 e. The van der Waals surface area contributed by atoms with Crippen LogP contribution < -0.4 is 5.73 Å². The van der Waals surface area contributed by atoms with Gasteiger partial charge in [0.15, 0.2) is 9.84 Å². The molecule has 1 fully saturated rings. The Balaban J connectivity index is 2.09. The summed E-state index contributed by atoms with van der Waals surface area (Å²) in [6.07, 6.45) is 2.35. The highest BCUT2D eigenvalue weighted by Crippen LogP contribution is 2.21. The van der Waals surface area contributed by atoms with Crippen LogP contribution in [0.5, 0.6) is 0 Å². The van der Waals surface area contributed by atoms with Gasteiger partial charge in [0.05, 0.1) is 16.3 Å². The molecule has 1 saturated heterocycles. The maximum Gasteiger partial charge on any atom is 0.181 e. The SMILES string of the molecule is Cc1ccc(S(=O)(=O)CCN2CCCC2)c(N)c1. The fourth-order valence-corrected chi connectivity index (χ4v) is 3.73. The lowest BCUT2D eigenvalue weighted by molar-refractivity contribution is 0.359. The van der Waals surface area contributed by atoms with Crippen LogP contribution in [0.25, 0.3) is 0 Å². The Bertz CT molecular complexity index is 520. The van der Waals surface area contributed by atoms with Gasteiger partial charge in [-0.25, -0.2) is 8.42 Å². The Kier molecular flexibility index (Phi) is 3.92. The van der Waals surface area contributed by atoms with E-state index in [4.69, 9.17) is 5.73 Å². The lowest BCUT2D eigenvalue weighted by Gasteiger charge is -2.15. The predicted molar refractivity (Wildman–Crippen MR) is 73.3 cm³/mol. The second-order valence-electron chi connectivity index (χ2n) is 4.91. The summed E-state index contributed by atoms with van der Waals surface area (Å²) in [5, 5.41) is 0. The molecule has 1 aliphatic heterocycles. The molecule has 2 N–H and O–H groups in total. The molecule has 0 saturated carbocycles. The van der Waals surface area contributed by atoms with Crippen LogP contribution in [0, 0.1) is 6.92 Å². The van der Waals surface area contributed by atoms with E-state index in [1.54, 1.807) is 18.2 Å². The monoisotopic (exact) mass is 268 g/mol. The summed E-state index contributed by atoms with van der Waals surface area (Å²) in [5.74, 6) is 0.153. The van der Waals surface area contributed by atoms with Gasteiger partial charge in [0.2, 0.25) is 0 Å². The van der Waals surface area contributed by atoms with Gasteiger partial charge in [-0.2, -0.15) is 0 Å². The number of benzene rings is 1. The molecule has 0 radical (unpaired) electrons. The van der Waals surface area contributed by atoms with E-state index in [9.17, 15) is 8.42 Å². The quantitative estimate of drug-likeness (QED) is 0.839. The van der Waals surface area contributed by atoms with Gasteiger partial charge in [-0.05, 0) is 50.6 Å². The maximum atomic E-state index is 12.2. The molecular weight excluding hydrogens is 248 g/mol. The molecule has 4 nitrogen and oxygen atoms in total. The zero-order valence-electron chi connectivity index (χ0n) is 10.7. The van der Waals surface area contributed by atoms with Gasteiger partial charge in [-0.3, -0.25) is 0 Å². The summed E-state index contributed by atoms with van der Waals surface area (Å²) in [6.45, 7) is 4.53. The Morgan fingerprint density at radius 3 is 2.56 bits per heavy atom. The van der Waals surface area contributed by atoms with Crippen LogP contribution >= 0.6 is 0 Å². The average molecular weight is 268 g/mol. The van der Waals surface area contributed by atoms with Gasteiger partial charge in [0, 0.05) is 6.54 Å². The largest absolute Gasteiger partial charge is 0.398 e. The lowest BCUT2D eigenvalue weighted by atomic mass is 10.2. The number of nitrogen functional groups attached to an aromatic ring is 1. The molecule has 2 rings (SSSR count). The van der Waals surface area contributed by atoms with Crippen molar-refractivity contribution < 1.29 is 8.42 Å². The number of likely N-dealkylation sites (tertiary alicyclic amines) is 1. The zero-order valence-corrected chi connectivity index (χ0v) is 11.5. The summed E-state index contributed by atoms with van der Waals surface area (Å²) in [5.41, 5.74) is 7.13. The first kappa shape index (κ1) is 13.4. The van der Waals surface area contributed by atoms with Crippen molar-refractivity contribution in [1.82, 2.24) is 4.90 Å². The van der Waals surface area contributed by atoms with Crippen LogP contribution in [0.2, 0.25) is 0 Å². The Hall–Kier alpha value is -1.07. The molecule has 0 aromatic heterocycles. The molecule has 100 valence electrons. The summed E-state index contributed by atoms with van der Waals surface area (Å²) in [7, 11) is -3.26. The number of nitrogens with two attached hydrogens (primary N) is 1. The molecule has 0 aliphatic carbocycles. The Labute approximate surface area is 109 Å². The van der Waals surface area contributed by atoms with Crippen molar-refractivity contribution in [2.24, 2.45) is 0 Å². The normalized spacial score (nSPS) is 17.2. The second-order valence-corrected chi connectivity index (χ2v) is 6.99. The van der Waals surface area contributed by atoms with Crippen LogP contribution in [0.4, 0.5) is 5.69 Å². The minimum absolute atomic E-state index is 0.153. The molecule has 0 amide bonds. The van der Waals surface area contributed by atoms with Gasteiger partial charge >= 0.3 is 0 Å². The molecular formula is C13H20N2O2S. The van der Waals surface area contributed by atoms with Gasteiger partial charge < -0.3 is 10.6 Å². The van der Waals surface area contributed by atoms with Crippen LogP contribution in [0.3, 0.4) is 0 Å². The van der Waals surface area contributed by atoms with Gasteiger partial charge in [-0.1, -0.05) is 6.07 Å². The second kappa shape index (κ2) is 5.28. The highest BCUT2D eigenvalue weighted by Gasteiger charge is 2.20. The van der Waals surface area contributed by atoms with E-state index in [1.165, 1.54) is 12.8 Å². The van der Waals surface area contributed by atoms with Crippen molar-refractivity contribution in [2.45, 2.75) is 24.7 Å². The van der Waals surface area contributed by atoms with Gasteiger partial charge in [0.25, 0.3) is 0 Å². The van der Waals surface area contributed by atoms with E-state index in [-0.39, 0.29) is 10.6 Å². The van der Waals surface area contributed by atoms with Crippen molar-refractivity contribution in [3.8, 4) is 0 Å². The third kappa shape index (κ3) is 3.03. The standard InChI is InChI=1S/C13H20N2O2S/c1-11-4-5-13(12(14)10-11)18(16,17)9-8-15-6-2-3-7-15/h4-5,10H,2-3,6-9,14H2,1H3. The minimum atomic E-state index is -3.26. The minimum Gasteiger partial charge on any atom is -0.398 e. The first-order valence-electron chi connectivity index (χ1n) is 6.30. The number of nitrogens with zero attached hydrogens (tertiary/aromatic N) is 1. The van der Waals surface area contributed by atoms with Crippen LogP contribution in [0.15, 0.2) is 23.1 Å². The number of rotatable bonds is 4. The number of hydrogen-bond acceptors (Lipinski definition) is 4. The molecule has 1 heterocycles. The molecule has 18 heavy (non-hydrogen) atoms. The fraction of sp³-hybridized carbons (Fsp3) is 0.538. The van der Waals surface area contributed by atoms with E-state index in [0.717, 1.165) is 18.7 Å². The predicted octanol–water partition coefficient (Wildman–Crippen LogP) is 1.45. The summed E-state index contributed by atoms with van der Waals surface area (Å²) in [4.78, 5) is 2.47. The van der Waals surface area contributed by atoms with Gasteiger partial charge in [0.1, 0.15) is 0 Å². The topological polar surface area (TPSA) is 63.4 Å². The zero-order chi connectivity index (χ0) is 13.2. The maximum absolute atomic E-state index is 12.2. The van der Waals surface area contributed by atoms with Crippen LogP contribution in [-0.2, 0) is 9.84 Å². The molecule has 5 heteroatoms. The van der Waals surface area contributed by atoms with Crippen molar-refractivity contribution >= 4 is 15.5 Å². The molecule has 0 atom stereocenters. The first-order valence-corrected chi connectivity index (χ1v) is 7.95. The lowest BCUT2D eigenvalue weighted by Crippen LogP contribution is -2.26. The molecule has 0 unspecified atom stereocenters. The molecule has 1 aromatic rings. The summed E-state index contributed by atoms with van der Waals surface area (Å²) >= 11 is 0. The summed E-state index contributed by atoms with van der Waals surface area (Å²) in [6, 6.07) is 5.12.